The summed E-state index contributed by atoms with van der Waals surface area (Å²) in [7, 11) is 0. The molecule has 38 heavy (non-hydrogen) atoms. The van der Waals surface area contributed by atoms with E-state index in [4.69, 9.17) is 34.2 Å². The molecule has 0 aliphatic heterocycles. The number of ether oxygens (including phenoxy) is 6. The van der Waals surface area contributed by atoms with Gasteiger partial charge in [0, 0.05) is 0 Å². The highest BCUT2D eigenvalue weighted by molar-refractivity contribution is 5.76. The van der Waals surface area contributed by atoms with Crippen LogP contribution in [0.5, 0.6) is 11.5 Å². The van der Waals surface area contributed by atoms with Crippen LogP contribution in [0.1, 0.15) is 72.8 Å². The lowest BCUT2D eigenvalue weighted by Gasteiger charge is -2.23. The number of hydrogen-bond donors (Lipinski definition) is 1. The van der Waals surface area contributed by atoms with Crippen molar-refractivity contribution in [3.63, 3.8) is 0 Å². The highest BCUT2D eigenvalue weighted by Crippen LogP contribution is 2.30. The molecule has 0 amide bonds. The van der Waals surface area contributed by atoms with Crippen LogP contribution in [0.4, 0.5) is 9.59 Å². The Bertz CT molecular complexity index is 919. The average Bonchev–Trinajstić information content (AvgIpc) is 2.87. The van der Waals surface area contributed by atoms with Crippen molar-refractivity contribution in [3.05, 3.63) is 23.8 Å². The Labute approximate surface area is 224 Å². The third-order valence-electron chi connectivity index (χ3n) is 5.39. The zero-order chi connectivity index (χ0) is 28.7. The van der Waals surface area contributed by atoms with E-state index in [0.717, 1.165) is 6.42 Å². The minimum atomic E-state index is -1.07. The van der Waals surface area contributed by atoms with Crippen LogP contribution in [-0.2, 0) is 35.0 Å². The van der Waals surface area contributed by atoms with Gasteiger partial charge in [0.2, 0.25) is 0 Å². The van der Waals surface area contributed by atoms with Gasteiger partial charge in [0.25, 0.3) is 0 Å². The van der Waals surface area contributed by atoms with Gasteiger partial charge in [-0.05, 0) is 57.2 Å². The Morgan fingerprint density at radius 2 is 1.29 bits per heavy atom. The fraction of sp³-hybridized carbons (Fsp3) is 0.630. The zero-order valence-electron chi connectivity index (χ0n) is 23.2. The van der Waals surface area contributed by atoms with Gasteiger partial charge in [-0.15, -0.1) is 0 Å². The molecule has 0 radical (unpaired) electrons. The molecule has 214 valence electrons. The molecule has 0 aliphatic carbocycles. The van der Waals surface area contributed by atoms with E-state index in [1.165, 1.54) is 12.1 Å². The lowest BCUT2D eigenvalue weighted by Crippen LogP contribution is -2.40. The van der Waals surface area contributed by atoms with Gasteiger partial charge < -0.3 is 34.2 Å². The highest BCUT2D eigenvalue weighted by atomic mass is 16.7. The van der Waals surface area contributed by atoms with E-state index >= 15 is 0 Å². The van der Waals surface area contributed by atoms with Crippen molar-refractivity contribution in [2.24, 2.45) is 11.7 Å². The van der Waals surface area contributed by atoms with Gasteiger partial charge >= 0.3 is 24.2 Å². The van der Waals surface area contributed by atoms with Crippen LogP contribution < -0.4 is 15.2 Å². The largest absolute Gasteiger partial charge is 0.513 e. The van der Waals surface area contributed by atoms with Gasteiger partial charge in [0.1, 0.15) is 18.2 Å². The third kappa shape index (κ3) is 11.8. The van der Waals surface area contributed by atoms with E-state index in [9.17, 15) is 19.2 Å². The van der Waals surface area contributed by atoms with Gasteiger partial charge in [0.15, 0.2) is 11.5 Å². The predicted octanol–water partition coefficient (Wildman–Crippen LogP) is 4.71. The minimum absolute atomic E-state index is 0.0220. The third-order valence-corrected chi connectivity index (χ3v) is 5.39. The molecule has 0 bridgehead atoms. The first kappa shape index (κ1) is 32.7. The molecule has 1 rings (SSSR count). The zero-order valence-corrected chi connectivity index (χ0v) is 23.2. The lowest BCUT2D eigenvalue weighted by atomic mass is 10.1. The van der Waals surface area contributed by atoms with Crippen molar-refractivity contribution >= 4 is 24.2 Å². The molecule has 11 nitrogen and oxygen atoms in total. The Hall–Kier alpha value is -3.34. The van der Waals surface area contributed by atoms with Crippen molar-refractivity contribution in [2.75, 3.05) is 13.2 Å². The highest BCUT2D eigenvalue weighted by Gasteiger charge is 2.26. The van der Waals surface area contributed by atoms with E-state index in [1.807, 2.05) is 20.8 Å². The average molecular weight is 540 g/mol. The second-order valence-electron chi connectivity index (χ2n) is 8.97. The second kappa shape index (κ2) is 17.2. The van der Waals surface area contributed by atoms with Crippen LogP contribution in [0.3, 0.4) is 0 Å². The van der Waals surface area contributed by atoms with Crippen molar-refractivity contribution in [1.29, 1.82) is 0 Å². The van der Waals surface area contributed by atoms with Gasteiger partial charge in [0.05, 0.1) is 19.1 Å². The summed E-state index contributed by atoms with van der Waals surface area (Å²) in [5.41, 5.74) is 6.56. The van der Waals surface area contributed by atoms with Gasteiger partial charge in [-0.1, -0.05) is 40.2 Å². The second-order valence-corrected chi connectivity index (χ2v) is 8.97. The fourth-order valence-electron chi connectivity index (χ4n) is 3.10. The summed E-state index contributed by atoms with van der Waals surface area (Å²) >= 11 is 0. The number of esters is 2. The first-order valence-electron chi connectivity index (χ1n) is 13.0. The number of nitrogens with two attached hydrogens (primary N) is 1. The molecule has 0 saturated carbocycles. The maximum absolute atomic E-state index is 12.6. The van der Waals surface area contributed by atoms with E-state index in [2.05, 4.69) is 0 Å². The molecule has 0 heterocycles. The quantitative estimate of drug-likeness (QED) is 0.187. The molecule has 2 N–H and O–H groups in total. The number of benzene rings is 1. The SMILES string of the molecule is CCCOC(=O)Oc1ccc(C[C@H](N)C(=O)O[C@@H](C)[C@H](C)OC(=O)C(C)CCC)cc1OC(=O)OCCC. The summed E-state index contributed by atoms with van der Waals surface area (Å²) in [5.74, 6) is -1.47. The van der Waals surface area contributed by atoms with Crippen LogP contribution in [0.25, 0.3) is 0 Å². The summed E-state index contributed by atoms with van der Waals surface area (Å²) in [4.78, 5) is 48.7. The van der Waals surface area contributed by atoms with Crippen LogP contribution in [-0.4, -0.2) is 55.7 Å². The molecule has 1 aromatic carbocycles. The maximum Gasteiger partial charge on any atom is 0.513 e. The molecule has 4 atom stereocenters. The Balaban J connectivity index is 2.87. The van der Waals surface area contributed by atoms with Crippen molar-refractivity contribution < 1.29 is 47.6 Å². The van der Waals surface area contributed by atoms with E-state index < -0.39 is 36.5 Å². The van der Waals surface area contributed by atoms with Crippen molar-refractivity contribution in [2.45, 2.75) is 91.9 Å². The summed E-state index contributed by atoms with van der Waals surface area (Å²) in [6.45, 7) is 11.0. The van der Waals surface area contributed by atoms with Gasteiger partial charge in [-0.3, -0.25) is 9.59 Å². The van der Waals surface area contributed by atoms with E-state index in [0.29, 0.717) is 24.8 Å². The monoisotopic (exact) mass is 539 g/mol. The van der Waals surface area contributed by atoms with Gasteiger partial charge in [-0.25, -0.2) is 9.59 Å². The molecule has 1 aromatic rings. The minimum Gasteiger partial charge on any atom is -0.459 e. The lowest BCUT2D eigenvalue weighted by molar-refractivity contribution is -0.168. The number of carbonyl (C=O) groups is 4. The standard InChI is InChI=1S/C27H41NO10/c1-7-10-17(4)24(29)35-18(5)19(6)36-25(30)21(28)15-20-11-12-22(37-26(31)33-13-8-2)23(16-20)38-27(32)34-14-9-3/h11-12,16-19,21H,7-10,13-15,28H2,1-6H3/t17?,18-,19-,21-/m0/s1. The number of carbonyl (C=O) groups excluding carboxylic acids is 4. The summed E-state index contributed by atoms with van der Waals surface area (Å²) < 4.78 is 31.0. The van der Waals surface area contributed by atoms with E-state index in [1.54, 1.807) is 26.8 Å². The Kier molecular flexibility index (Phi) is 14.8. The van der Waals surface area contributed by atoms with E-state index in [-0.39, 0.29) is 43.0 Å². The molecule has 0 aromatic heterocycles. The van der Waals surface area contributed by atoms with Crippen molar-refractivity contribution in [1.82, 2.24) is 0 Å². The molecule has 0 fully saturated rings. The van der Waals surface area contributed by atoms with Gasteiger partial charge in [-0.2, -0.15) is 0 Å². The molecule has 0 saturated heterocycles. The molecular formula is C27H41NO10. The first-order chi connectivity index (χ1) is 18.0. The van der Waals surface area contributed by atoms with Crippen LogP contribution in [0.2, 0.25) is 0 Å². The van der Waals surface area contributed by atoms with Crippen LogP contribution in [0, 0.1) is 5.92 Å². The van der Waals surface area contributed by atoms with Crippen LogP contribution >= 0.6 is 0 Å². The Morgan fingerprint density at radius 1 is 0.763 bits per heavy atom. The molecule has 1 unspecified atom stereocenters. The summed E-state index contributed by atoms with van der Waals surface area (Å²) in [6, 6.07) is 3.29. The smallest absolute Gasteiger partial charge is 0.459 e. The van der Waals surface area contributed by atoms with Crippen molar-refractivity contribution in [3.8, 4) is 11.5 Å². The molecule has 0 spiro atoms. The fourth-order valence-corrected chi connectivity index (χ4v) is 3.10. The maximum atomic E-state index is 12.6. The Morgan fingerprint density at radius 3 is 1.82 bits per heavy atom. The molecular weight excluding hydrogens is 498 g/mol. The van der Waals surface area contributed by atoms with Crippen LogP contribution in [0.15, 0.2) is 18.2 Å². The molecule has 0 aliphatic rings. The number of hydrogen-bond acceptors (Lipinski definition) is 11. The topological polar surface area (TPSA) is 150 Å². The number of rotatable bonds is 15. The molecule has 11 heteroatoms. The first-order valence-corrected chi connectivity index (χ1v) is 13.0. The summed E-state index contributed by atoms with van der Waals surface area (Å²) in [6.07, 6.45) is -0.541. The summed E-state index contributed by atoms with van der Waals surface area (Å²) in [5, 5.41) is 0. The predicted molar refractivity (Wildman–Crippen MR) is 138 cm³/mol. The normalized spacial score (nSPS) is 13.9.